The third-order valence-electron chi connectivity index (χ3n) is 5.03. The van der Waals surface area contributed by atoms with Crippen LogP contribution in [-0.2, 0) is 9.53 Å². The van der Waals surface area contributed by atoms with E-state index in [0.29, 0.717) is 24.0 Å². The molecule has 1 N–H and O–H groups in total. The van der Waals surface area contributed by atoms with Crippen LogP contribution in [0.3, 0.4) is 0 Å². The Morgan fingerprint density at radius 3 is 2.78 bits per heavy atom. The van der Waals surface area contributed by atoms with Crippen LogP contribution in [0.15, 0.2) is 30.3 Å². The fourth-order valence-corrected chi connectivity index (χ4v) is 4.01. The fraction of sp³-hybridized carbons (Fsp3) is 0.533. The number of epoxide rings is 1. The zero-order valence-corrected chi connectivity index (χ0v) is 10.4. The van der Waals surface area contributed by atoms with Crippen molar-refractivity contribution in [2.75, 3.05) is 5.32 Å². The molecule has 3 fully saturated rings. The molecule has 1 heterocycles. The van der Waals surface area contributed by atoms with Crippen LogP contribution in [0, 0.1) is 17.3 Å². The van der Waals surface area contributed by atoms with Crippen molar-refractivity contribution < 1.29 is 9.53 Å². The summed E-state index contributed by atoms with van der Waals surface area (Å²) in [5, 5.41) is 3.05. The van der Waals surface area contributed by atoms with Gasteiger partial charge in [0.1, 0.15) is 0 Å². The van der Waals surface area contributed by atoms with E-state index in [2.05, 4.69) is 12.2 Å². The van der Waals surface area contributed by atoms with Gasteiger partial charge in [0.15, 0.2) is 0 Å². The van der Waals surface area contributed by atoms with Gasteiger partial charge in [0.25, 0.3) is 0 Å². The second kappa shape index (κ2) is 3.35. The Kier molecular flexibility index (Phi) is 1.97. The zero-order chi connectivity index (χ0) is 12.3. The van der Waals surface area contributed by atoms with E-state index in [1.54, 1.807) is 0 Å². The quantitative estimate of drug-likeness (QED) is 0.811. The average molecular weight is 243 g/mol. The molecule has 18 heavy (non-hydrogen) atoms. The molecule has 1 saturated heterocycles. The zero-order valence-electron chi connectivity index (χ0n) is 10.4. The maximum Gasteiger partial charge on any atom is 0.230 e. The Bertz CT molecular complexity index is 500. The molecule has 94 valence electrons. The summed E-state index contributed by atoms with van der Waals surface area (Å²) in [4.78, 5) is 12.5. The van der Waals surface area contributed by atoms with E-state index in [9.17, 15) is 4.79 Å². The third-order valence-corrected chi connectivity index (χ3v) is 5.03. The maximum atomic E-state index is 12.5. The molecule has 1 aliphatic heterocycles. The summed E-state index contributed by atoms with van der Waals surface area (Å²) in [5.74, 6) is 1.21. The van der Waals surface area contributed by atoms with E-state index in [1.807, 2.05) is 30.3 Å². The minimum atomic E-state index is -0.238. The Labute approximate surface area is 107 Å². The largest absolute Gasteiger partial charge is 0.369 e. The molecule has 2 aliphatic carbocycles. The van der Waals surface area contributed by atoms with Gasteiger partial charge in [-0.2, -0.15) is 0 Å². The lowest BCUT2D eigenvalue weighted by Gasteiger charge is -2.30. The molecule has 5 atom stereocenters. The normalized spacial score (nSPS) is 43.6. The first-order valence-corrected chi connectivity index (χ1v) is 6.70. The number of rotatable bonds is 2. The Balaban J connectivity index is 1.55. The number of anilines is 1. The minimum Gasteiger partial charge on any atom is -0.369 e. The molecule has 0 radical (unpaired) electrons. The molecule has 3 aliphatic rings. The molecule has 2 bridgehead atoms. The standard InChI is InChI=1S/C15H17NO2/c1-15(8-9-7-11(15)13-12(9)18-13)14(17)16-10-5-3-2-4-6-10/h2-6,9,11-13H,7-8H2,1H3,(H,16,17)/t9-,11-,12-,13-,15-/m1/s1. The first-order valence-electron chi connectivity index (χ1n) is 6.70. The van der Waals surface area contributed by atoms with Crippen LogP contribution >= 0.6 is 0 Å². The van der Waals surface area contributed by atoms with E-state index >= 15 is 0 Å². The second-order valence-electron chi connectivity index (χ2n) is 6.11. The van der Waals surface area contributed by atoms with Gasteiger partial charge >= 0.3 is 0 Å². The highest BCUT2D eigenvalue weighted by Crippen LogP contribution is 2.64. The van der Waals surface area contributed by atoms with Crippen LogP contribution in [0.4, 0.5) is 5.69 Å². The summed E-state index contributed by atoms with van der Waals surface area (Å²) < 4.78 is 5.66. The van der Waals surface area contributed by atoms with Gasteiger partial charge in [-0.1, -0.05) is 25.1 Å². The van der Waals surface area contributed by atoms with Crippen LogP contribution in [0.5, 0.6) is 0 Å². The Morgan fingerprint density at radius 2 is 2.11 bits per heavy atom. The van der Waals surface area contributed by atoms with Gasteiger partial charge in [-0.05, 0) is 30.9 Å². The van der Waals surface area contributed by atoms with Crippen molar-refractivity contribution in [1.29, 1.82) is 0 Å². The van der Waals surface area contributed by atoms with Gasteiger partial charge in [0, 0.05) is 11.6 Å². The van der Waals surface area contributed by atoms with Gasteiger partial charge in [0.2, 0.25) is 5.91 Å². The number of fused-ring (bicyclic) bond motifs is 5. The van der Waals surface area contributed by atoms with Crippen molar-refractivity contribution in [3.8, 4) is 0 Å². The topological polar surface area (TPSA) is 41.6 Å². The Morgan fingerprint density at radius 1 is 1.33 bits per heavy atom. The molecule has 3 heteroatoms. The third kappa shape index (κ3) is 1.31. The number of amides is 1. The molecule has 0 unspecified atom stereocenters. The van der Waals surface area contributed by atoms with Gasteiger partial charge < -0.3 is 10.1 Å². The SMILES string of the molecule is C[C@@]1(C(=O)Nc2ccccc2)C[C@H]2C[C@@H]1[C@H]1O[C@H]21. The highest BCUT2D eigenvalue weighted by molar-refractivity contribution is 5.95. The van der Waals surface area contributed by atoms with Gasteiger partial charge in [-0.15, -0.1) is 0 Å². The summed E-state index contributed by atoms with van der Waals surface area (Å²) in [5.41, 5.74) is 0.651. The van der Waals surface area contributed by atoms with Crippen molar-refractivity contribution in [3.05, 3.63) is 30.3 Å². The van der Waals surface area contributed by atoms with Crippen molar-refractivity contribution in [2.45, 2.75) is 32.0 Å². The van der Waals surface area contributed by atoms with Crippen LogP contribution in [0.25, 0.3) is 0 Å². The number of benzene rings is 1. The summed E-state index contributed by atoms with van der Waals surface area (Å²) in [6, 6.07) is 9.71. The van der Waals surface area contributed by atoms with E-state index in [0.717, 1.165) is 12.1 Å². The first kappa shape index (κ1) is 10.6. The number of nitrogens with one attached hydrogen (secondary N) is 1. The number of para-hydroxylation sites is 1. The monoisotopic (exact) mass is 243 g/mol. The van der Waals surface area contributed by atoms with Crippen molar-refractivity contribution in [1.82, 2.24) is 0 Å². The Hall–Kier alpha value is -1.35. The molecule has 3 nitrogen and oxygen atoms in total. The highest BCUT2D eigenvalue weighted by Gasteiger charge is 2.69. The van der Waals surface area contributed by atoms with E-state index < -0.39 is 0 Å². The summed E-state index contributed by atoms with van der Waals surface area (Å²) in [7, 11) is 0. The predicted octanol–water partition coefficient (Wildman–Crippen LogP) is 2.44. The molecule has 1 aromatic rings. The molecular weight excluding hydrogens is 226 g/mol. The lowest BCUT2D eigenvalue weighted by Crippen LogP contribution is -2.40. The molecule has 1 aromatic carbocycles. The number of hydrogen-bond donors (Lipinski definition) is 1. The number of carbonyl (C=O) groups is 1. The molecule has 4 rings (SSSR count). The molecule has 0 spiro atoms. The first-order chi connectivity index (χ1) is 8.68. The maximum absolute atomic E-state index is 12.5. The average Bonchev–Trinajstić information content (AvgIpc) is 3.01. The summed E-state index contributed by atoms with van der Waals surface area (Å²) >= 11 is 0. The van der Waals surface area contributed by atoms with Gasteiger partial charge in [-0.25, -0.2) is 0 Å². The lowest BCUT2D eigenvalue weighted by molar-refractivity contribution is -0.127. The molecule has 0 aromatic heterocycles. The number of carbonyl (C=O) groups excluding carboxylic acids is 1. The van der Waals surface area contributed by atoms with Crippen LogP contribution in [0.2, 0.25) is 0 Å². The minimum absolute atomic E-state index is 0.162. The fourth-order valence-electron chi connectivity index (χ4n) is 4.01. The van der Waals surface area contributed by atoms with Crippen molar-refractivity contribution >= 4 is 11.6 Å². The van der Waals surface area contributed by atoms with Crippen molar-refractivity contribution in [2.24, 2.45) is 17.3 Å². The van der Waals surface area contributed by atoms with Crippen LogP contribution < -0.4 is 5.32 Å². The predicted molar refractivity (Wildman–Crippen MR) is 68.1 cm³/mol. The molecular formula is C15H17NO2. The van der Waals surface area contributed by atoms with Gasteiger partial charge in [0.05, 0.1) is 17.6 Å². The number of hydrogen-bond acceptors (Lipinski definition) is 2. The molecule has 2 saturated carbocycles. The van der Waals surface area contributed by atoms with Crippen molar-refractivity contribution in [3.63, 3.8) is 0 Å². The van der Waals surface area contributed by atoms with Crippen LogP contribution in [-0.4, -0.2) is 18.1 Å². The highest BCUT2D eigenvalue weighted by atomic mass is 16.6. The van der Waals surface area contributed by atoms with E-state index in [1.165, 1.54) is 6.42 Å². The summed E-state index contributed by atoms with van der Waals surface area (Å²) in [6.45, 7) is 2.10. The van der Waals surface area contributed by atoms with Crippen LogP contribution in [0.1, 0.15) is 19.8 Å². The number of ether oxygens (including phenoxy) is 1. The summed E-state index contributed by atoms with van der Waals surface area (Å²) in [6.07, 6.45) is 3.01. The smallest absolute Gasteiger partial charge is 0.230 e. The van der Waals surface area contributed by atoms with E-state index in [4.69, 9.17) is 4.74 Å². The molecule has 1 amide bonds. The van der Waals surface area contributed by atoms with Gasteiger partial charge in [-0.3, -0.25) is 4.79 Å². The lowest BCUT2D eigenvalue weighted by atomic mass is 9.74. The second-order valence-corrected chi connectivity index (χ2v) is 6.11. The van der Waals surface area contributed by atoms with E-state index in [-0.39, 0.29) is 11.3 Å².